The number of carbonyl (C=O) groups is 1. The first-order chi connectivity index (χ1) is 11.9. The van der Waals surface area contributed by atoms with Gasteiger partial charge in [-0.25, -0.2) is 0 Å². The van der Waals surface area contributed by atoms with Crippen molar-refractivity contribution in [3.05, 3.63) is 17.5 Å². The second-order valence-electron chi connectivity index (χ2n) is 7.08. The molecule has 2 aromatic heterocycles. The van der Waals surface area contributed by atoms with E-state index in [1.165, 1.54) is 11.8 Å². The maximum Gasteiger partial charge on any atom is 0.236 e. The molecular formula is C18H26N4OS2. The Morgan fingerprint density at radius 1 is 1.24 bits per heavy atom. The van der Waals surface area contributed by atoms with Crippen molar-refractivity contribution in [1.29, 1.82) is 0 Å². The zero-order valence-electron chi connectivity index (χ0n) is 15.5. The summed E-state index contributed by atoms with van der Waals surface area (Å²) in [4.78, 5) is 16.0. The lowest BCUT2D eigenvalue weighted by molar-refractivity contribution is -0.133. The number of hydrogen-bond donors (Lipinski definition) is 0. The molecule has 1 aliphatic carbocycles. The van der Waals surface area contributed by atoms with Gasteiger partial charge < -0.3 is 4.90 Å². The molecule has 0 aromatic carbocycles. The molecule has 0 radical (unpaired) electrons. The summed E-state index contributed by atoms with van der Waals surface area (Å²) in [5.41, 5.74) is 0. The van der Waals surface area contributed by atoms with Gasteiger partial charge in [0.2, 0.25) is 5.91 Å². The van der Waals surface area contributed by atoms with Gasteiger partial charge in [0.25, 0.3) is 0 Å². The van der Waals surface area contributed by atoms with E-state index in [9.17, 15) is 4.79 Å². The molecule has 1 atom stereocenters. The fourth-order valence-corrected chi connectivity index (χ4v) is 4.80. The van der Waals surface area contributed by atoms with Crippen molar-refractivity contribution in [2.24, 2.45) is 0 Å². The van der Waals surface area contributed by atoms with Gasteiger partial charge >= 0.3 is 0 Å². The van der Waals surface area contributed by atoms with Crippen LogP contribution in [0.5, 0.6) is 0 Å². The Balaban J connectivity index is 1.82. The number of carbonyl (C=O) groups excluding carboxylic acids is 1. The number of thiophene rings is 1. The summed E-state index contributed by atoms with van der Waals surface area (Å²) in [6, 6.07) is 4.98. The molecular weight excluding hydrogens is 352 g/mol. The monoisotopic (exact) mass is 378 g/mol. The highest BCUT2D eigenvalue weighted by molar-refractivity contribution is 8.00. The minimum absolute atomic E-state index is 0.165. The summed E-state index contributed by atoms with van der Waals surface area (Å²) in [5.74, 6) is 1.10. The Kier molecular flexibility index (Phi) is 5.53. The van der Waals surface area contributed by atoms with E-state index in [0.717, 1.165) is 28.7 Å². The first-order valence-corrected chi connectivity index (χ1v) is 10.6. The van der Waals surface area contributed by atoms with Gasteiger partial charge in [-0.05, 0) is 58.9 Å². The fourth-order valence-electron chi connectivity index (χ4n) is 3.12. The maximum absolute atomic E-state index is 12.9. The highest BCUT2D eigenvalue weighted by Crippen LogP contribution is 2.42. The summed E-state index contributed by atoms with van der Waals surface area (Å²) >= 11 is 3.21. The molecule has 1 saturated carbocycles. The molecule has 136 valence electrons. The highest BCUT2D eigenvalue weighted by Gasteiger charge is 2.33. The summed E-state index contributed by atoms with van der Waals surface area (Å²) < 4.78 is 2.23. The molecule has 1 fully saturated rings. The Hall–Kier alpha value is -1.34. The quantitative estimate of drug-likeness (QED) is 0.667. The average molecular weight is 379 g/mol. The molecule has 1 amide bonds. The van der Waals surface area contributed by atoms with E-state index in [-0.39, 0.29) is 23.2 Å². The molecule has 2 aromatic rings. The van der Waals surface area contributed by atoms with E-state index in [2.05, 4.69) is 53.9 Å². The largest absolute Gasteiger partial charge is 0.337 e. The molecule has 0 bridgehead atoms. The van der Waals surface area contributed by atoms with Crippen LogP contribution in [0.15, 0.2) is 22.7 Å². The Bertz CT molecular complexity index is 712. The molecule has 0 saturated heterocycles. The van der Waals surface area contributed by atoms with Crippen LogP contribution >= 0.6 is 23.1 Å². The zero-order chi connectivity index (χ0) is 18.1. The summed E-state index contributed by atoms with van der Waals surface area (Å²) in [5, 5.41) is 11.6. The van der Waals surface area contributed by atoms with E-state index in [1.807, 2.05) is 17.9 Å². The molecule has 0 aliphatic heterocycles. The fraction of sp³-hybridized carbons (Fsp3) is 0.611. The molecule has 1 aliphatic rings. The lowest BCUT2D eigenvalue weighted by Gasteiger charge is -2.32. The van der Waals surface area contributed by atoms with Crippen LogP contribution in [0, 0.1) is 0 Å². The topological polar surface area (TPSA) is 51.0 Å². The molecule has 0 unspecified atom stereocenters. The first-order valence-electron chi connectivity index (χ1n) is 8.87. The van der Waals surface area contributed by atoms with Crippen LogP contribution in [-0.2, 0) is 4.79 Å². The van der Waals surface area contributed by atoms with Crippen LogP contribution in [-0.4, -0.2) is 42.9 Å². The molecule has 0 spiro atoms. The van der Waals surface area contributed by atoms with E-state index < -0.39 is 0 Å². The van der Waals surface area contributed by atoms with Crippen molar-refractivity contribution in [3.8, 4) is 10.7 Å². The first kappa shape index (κ1) is 18.5. The van der Waals surface area contributed by atoms with Crippen LogP contribution < -0.4 is 0 Å². The summed E-state index contributed by atoms with van der Waals surface area (Å²) in [7, 11) is 0. The maximum atomic E-state index is 12.9. The van der Waals surface area contributed by atoms with Crippen molar-refractivity contribution in [2.75, 3.05) is 0 Å². The molecule has 2 heterocycles. The third-order valence-corrected chi connectivity index (χ3v) is 6.23. The summed E-state index contributed by atoms with van der Waals surface area (Å²) in [6.07, 6.45) is 2.33. The minimum atomic E-state index is -0.178. The molecule has 25 heavy (non-hydrogen) atoms. The van der Waals surface area contributed by atoms with E-state index >= 15 is 0 Å². The minimum Gasteiger partial charge on any atom is -0.337 e. The van der Waals surface area contributed by atoms with Crippen molar-refractivity contribution in [3.63, 3.8) is 0 Å². The Labute approximate surface area is 157 Å². The summed E-state index contributed by atoms with van der Waals surface area (Å²) in [6.45, 7) is 10.2. The van der Waals surface area contributed by atoms with E-state index in [4.69, 9.17) is 0 Å². The number of nitrogens with zero attached hydrogens (tertiary/aromatic N) is 4. The van der Waals surface area contributed by atoms with Crippen molar-refractivity contribution < 1.29 is 4.79 Å². The lowest BCUT2D eigenvalue weighted by atomic mass is 10.2. The van der Waals surface area contributed by atoms with Gasteiger partial charge in [0, 0.05) is 18.1 Å². The predicted molar refractivity (Wildman–Crippen MR) is 104 cm³/mol. The van der Waals surface area contributed by atoms with Gasteiger partial charge in [-0.3, -0.25) is 9.36 Å². The standard InChI is InChI=1S/C18H26N4OS2/c1-11(2)21(12(3)4)17(23)13(5)25-18-20-19-16(15-7-6-10-24-15)22(18)14-8-9-14/h6-7,10-14H,8-9H2,1-5H3/t13-/m1/s1. The van der Waals surface area contributed by atoms with Gasteiger partial charge in [0.15, 0.2) is 11.0 Å². The number of thioether (sulfide) groups is 1. The third-order valence-electron chi connectivity index (χ3n) is 4.32. The molecule has 3 rings (SSSR count). The van der Waals surface area contributed by atoms with E-state index in [1.54, 1.807) is 11.3 Å². The second kappa shape index (κ2) is 7.50. The van der Waals surface area contributed by atoms with Crippen LogP contribution in [0.3, 0.4) is 0 Å². The van der Waals surface area contributed by atoms with Gasteiger partial charge in [0.05, 0.1) is 10.1 Å². The molecule has 0 N–H and O–H groups in total. The van der Waals surface area contributed by atoms with Crippen LogP contribution in [0.4, 0.5) is 0 Å². The van der Waals surface area contributed by atoms with Crippen molar-refractivity contribution >= 4 is 29.0 Å². The second-order valence-corrected chi connectivity index (χ2v) is 9.33. The van der Waals surface area contributed by atoms with Crippen LogP contribution in [0.25, 0.3) is 10.7 Å². The smallest absolute Gasteiger partial charge is 0.236 e. The molecule has 5 nitrogen and oxygen atoms in total. The van der Waals surface area contributed by atoms with Gasteiger partial charge in [-0.1, -0.05) is 17.8 Å². The number of rotatable bonds is 7. The van der Waals surface area contributed by atoms with Gasteiger partial charge in [-0.2, -0.15) is 0 Å². The van der Waals surface area contributed by atoms with Crippen molar-refractivity contribution in [1.82, 2.24) is 19.7 Å². The lowest BCUT2D eigenvalue weighted by Crippen LogP contribution is -2.45. The Morgan fingerprint density at radius 2 is 1.92 bits per heavy atom. The highest BCUT2D eigenvalue weighted by atomic mass is 32.2. The predicted octanol–water partition coefficient (Wildman–Crippen LogP) is 4.47. The molecule has 7 heteroatoms. The zero-order valence-corrected chi connectivity index (χ0v) is 17.1. The number of hydrogen-bond acceptors (Lipinski definition) is 5. The number of aromatic nitrogens is 3. The van der Waals surface area contributed by atoms with Gasteiger partial charge in [-0.15, -0.1) is 21.5 Å². The van der Waals surface area contributed by atoms with Gasteiger partial charge in [0.1, 0.15) is 0 Å². The number of amides is 1. The van der Waals surface area contributed by atoms with Crippen LogP contribution in [0.1, 0.15) is 53.5 Å². The third kappa shape index (κ3) is 3.92. The van der Waals surface area contributed by atoms with Crippen molar-refractivity contribution in [2.45, 2.75) is 76.0 Å². The van der Waals surface area contributed by atoms with E-state index in [0.29, 0.717) is 6.04 Å². The van der Waals surface area contributed by atoms with Crippen LogP contribution in [0.2, 0.25) is 0 Å². The SMILES string of the molecule is CC(C)N(C(=O)[C@@H](C)Sc1nnc(-c2cccs2)n1C1CC1)C(C)C. The average Bonchev–Trinajstić information content (AvgIpc) is 3.07. The normalized spacial score (nSPS) is 15.8. The Morgan fingerprint density at radius 3 is 2.44 bits per heavy atom.